The van der Waals surface area contributed by atoms with Crippen LogP contribution in [0.1, 0.15) is 15.9 Å². The lowest BCUT2D eigenvalue weighted by Gasteiger charge is -2.14. The van der Waals surface area contributed by atoms with Gasteiger partial charge in [0, 0.05) is 17.5 Å². The highest BCUT2D eigenvalue weighted by atomic mass is 19.4. The lowest BCUT2D eigenvalue weighted by atomic mass is 10.1. The molecule has 3 aromatic rings. The average Bonchev–Trinajstić information content (AvgIpc) is 2.72. The first-order valence-corrected chi connectivity index (χ1v) is 8.61. The van der Waals surface area contributed by atoms with E-state index >= 15 is 0 Å². The number of phenolic OH excluding ortho intramolecular Hbond substituents is 1. The van der Waals surface area contributed by atoms with Gasteiger partial charge in [-0.15, -0.1) is 0 Å². The number of alkyl halides is 3. The molecule has 0 bridgehead atoms. The van der Waals surface area contributed by atoms with Gasteiger partial charge in [0.25, 0.3) is 11.6 Å². The Balaban J connectivity index is 1.73. The van der Waals surface area contributed by atoms with Gasteiger partial charge in [0.15, 0.2) is 6.61 Å². The molecule has 0 aliphatic heterocycles. The summed E-state index contributed by atoms with van der Waals surface area (Å²) in [6.07, 6.45) is -4.97. The van der Waals surface area contributed by atoms with Crippen LogP contribution in [0.2, 0.25) is 0 Å². The minimum Gasteiger partial charge on any atom is -0.506 e. The fourth-order valence-electron chi connectivity index (χ4n) is 2.80. The van der Waals surface area contributed by atoms with Crippen LogP contribution >= 0.6 is 0 Å². The van der Waals surface area contributed by atoms with Crippen molar-refractivity contribution in [3.8, 4) is 5.75 Å². The first-order chi connectivity index (χ1) is 14.6. The van der Waals surface area contributed by atoms with Crippen molar-refractivity contribution in [1.29, 1.82) is 0 Å². The molecule has 0 radical (unpaired) electrons. The molecule has 0 aliphatic rings. The SMILES string of the molecule is O=C(COC(=O)c1ccc2ccccc2c1O)Nc1ccc([N+](=O)[O-])cc1C(F)(F)F. The number of carbonyl (C=O) groups is 2. The minimum atomic E-state index is -4.97. The number of esters is 1. The Hall–Kier alpha value is -4.15. The van der Waals surface area contributed by atoms with Crippen molar-refractivity contribution in [2.75, 3.05) is 11.9 Å². The van der Waals surface area contributed by atoms with Crippen LogP contribution in [0.5, 0.6) is 5.75 Å². The smallest absolute Gasteiger partial charge is 0.418 e. The van der Waals surface area contributed by atoms with E-state index in [1.54, 1.807) is 30.3 Å². The molecular formula is C20H13F3N2O6. The van der Waals surface area contributed by atoms with Crippen LogP contribution in [-0.4, -0.2) is 28.5 Å². The Morgan fingerprint density at radius 2 is 1.81 bits per heavy atom. The highest BCUT2D eigenvalue weighted by Gasteiger charge is 2.35. The van der Waals surface area contributed by atoms with E-state index in [0.717, 1.165) is 12.1 Å². The summed E-state index contributed by atoms with van der Waals surface area (Å²) >= 11 is 0. The molecule has 11 heteroatoms. The Labute approximate surface area is 172 Å². The second-order valence-electron chi connectivity index (χ2n) is 6.29. The number of ether oxygens (including phenoxy) is 1. The number of halogens is 3. The van der Waals surface area contributed by atoms with Crippen LogP contribution in [0, 0.1) is 10.1 Å². The molecule has 0 spiro atoms. The first-order valence-electron chi connectivity index (χ1n) is 8.61. The van der Waals surface area contributed by atoms with E-state index in [2.05, 4.69) is 0 Å². The van der Waals surface area contributed by atoms with Crippen LogP contribution in [-0.2, 0) is 15.7 Å². The summed E-state index contributed by atoms with van der Waals surface area (Å²) in [7, 11) is 0. The molecule has 3 aromatic carbocycles. The van der Waals surface area contributed by atoms with Crippen LogP contribution in [0.15, 0.2) is 54.6 Å². The third-order valence-electron chi connectivity index (χ3n) is 4.25. The number of aromatic hydroxyl groups is 1. The van der Waals surface area contributed by atoms with Gasteiger partial charge in [-0.05, 0) is 17.5 Å². The van der Waals surface area contributed by atoms with E-state index in [1.807, 2.05) is 5.32 Å². The van der Waals surface area contributed by atoms with Crippen molar-refractivity contribution in [1.82, 2.24) is 0 Å². The number of amides is 1. The molecule has 0 fully saturated rings. The van der Waals surface area contributed by atoms with Gasteiger partial charge in [-0.3, -0.25) is 14.9 Å². The second-order valence-corrected chi connectivity index (χ2v) is 6.29. The fourth-order valence-corrected chi connectivity index (χ4v) is 2.80. The molecule has 0 atom stereocenters. The summed E-state index contributed by atoms with van der Waals surface area (Å²) in [5.74, 6) is -2.52. The molecule has 0 heterocycles. The van der Waals surface area contributed by atoms with Gasteiger partial charge < -0.3 is 15.2 Å². The maximum atomic E-state index is 13.2. The number of fused-ring (bicyclic) bond motifs is 1. The topological polar surface area (TPSA) is 119 Å². The Bertz CT molecular complexity index is 1190. The molecule has 31 heavy (non-hydrogen) atoms. The fraction of sp³-hybridized carbons (Fsp3) is 0.100. The molecule has 3 rings (SSSR count). The summed E-state index contributed by atoms with van der Waals surface area (Å²) in [6, 6.07) is 11.3. The molecule has 0 saturated heterocycles. The zero-order valence-electron chi connectivity index (χ0n) is 15.5. The summed E-state index contributed by atoms with van der Waals surface area (Å²) in [6.45, 7) is -0.945. The molecule has 8 nitrogen and oxygen atoms in total. The summed E-state index contributed by atoms with van der Waals surface area (Å²) in [5, 5.41) is 23.9. The predicted molar refractivity (Wildman–Crippen MR) is 103 cm³/mol. The summed E-state index contributed by atoms with van der Waals surface area (Å²) in [5.41, 5.74) is -3.18. The van der Waals surface area contributed by atoms with Gasteiger partial charge >= 0.3 is 12.1 Å². The molecule has 0 saturated carbocycles. The van der Waals surface area contributed by atoms with Crippen LogP contribution < -0.4 is 5.32 Å². The lowest BCUT2D eigenvalue weighted by Crippen LogP contribution is -2.23. The van der Waals surface area contributed by atoms with Gasteiger partial charge in [-0.25, -0.2) is 4.79 Å². The van der Waals surface area contributed by atoms with Gasteiger partial charge in [0.2, 0.25) is 0 Å². The average molecular weight is 434 g/mol. The van der Waals surface area contributed by atoms with Crippen molar-refractivity contribution in [3.05, 3.63) is 75.8 Å². The van der Waals surface area contributed by atoms with Crippen molar-refractivity contribution >= 4 is 34.0 Å². The number of nitrogens with one attached hydrogen (secondary N) is 1. The lowest BCUT2D eigenvalue weighted by molar-refractivity contribution is -0.385. The Kier molecular flexibility index (Phi) is 5.77. The predicted octanol–water partition coefficient (Wildman–Crippen LogP) is 4.27. The van der Waals surface area contributed by atoms with Crippen molar-refractivity contribution in [3.63, 3.8) is 0 Å². The number of phenols is 1. The molecule has 0 aromatic heterocycles. The van der Waals surface area contributed by atoms with Crippen molar-refractivity contribution < 1.29 is 37.5 Å². The van der Waals surface area contributed by atoms with Crippen molar-refractivity contribution in [2.24, 2.45) is 0 Å². The number of benzene rings is 3. The molecule has 0 unspecified atom stereocenters. The number of hydrogen-bond donors (Lipinski definition) is 2. The van der Waals surface area contributed by atoms with E-state index in [9.17, 15) is 38.0 Å². The molecule has 1 amide bonds. The van der Waals surface area contributed by atoms with Crippen LogP contribution in [0.3, 0.4) is 0 Å². The Morgan fingerprint density at radius 3 is 2.48 bits per heavy atom. The van der Waals surface area contributed by atoms with E-state index in [-0.39, 0.29) is 17.4 Å². The van der Waals surface area contributed by atoms with E-state index < -0.39 is 46.5 Å². The van der Waals surface area contributed by atoms with Gasteiger partial charge in [-0.1, -0.05) is 30.3 Å². The Morgan fingerprint density at radius 1 is 1.10 bits per heavy atom. The quantitative estimate of drug-likeness (QED) is 0.352. The number of anilines is 1. The number of nitro benzene ring substituents is 1. The molecular weight excluding hydrogens is 421 g/mol. The second kappa shape index (κ2) is 8.30. The zero-order chi connectivity index (χ0) is 22.8. The third-order valence-corrected chi connectivity index (χ3v) is 4.25. The maximum Gasteiger partial charge on any atom is 0.418 e. The standard InChI is InChI=1S/C20H13F3N2O6/c21-20(22,23)15-9-12(25(29)30)6-8-16(15)24-17(26)10-31-19(28)14-7-5-11-3-1-2-4-13(11)18(14)27/h1-9,27H,10H2,(H,24,26). The maximum absolute atomic E-state index is 13.2. The van der Waals surface area contributed by atoms with E-state index in [4.69, 9.17) is 4.74 Å². The van der Waals surface area contributed by atoms with E-state index in [0.29, 0.717) is 10.8 Å². The van der Waals surface area contributed by atoms with Gasteiger partial charge in [0.05, 0.1) is 16.2 Å². The van der Waals surface area contributed by atoms with E-state index in [1.165, 1.54) is 6.07 Å². The first kappa shape index (κ1) is 21.6. The van der Waals surface area contributed by atoms with Gasteiger partial charge in [-0.2, -0.15) is 13.2 Å². The summed E-state index contributed by atoms with van der Waals surface area (Å²) < 4.78 is 44.3. The van der Waals surface area contributed by atoms with Crippen LogP contribution in [0.25, 0.3) is 10.8 Å². The molecule has 0 aliphatic carbocycles. The number of nitrogens with zero attached hydrogens (tertiary/aromatic N) is 1. The number of non-ortho nitro benzene ring substituents is 1. The highest BCUT2D eigenvalue weighted by molar-refractivity contribution is 6.02. The third kappa shape index (κ3) is 4.71. The minimum absolute atomic E-state index is 0.224. The summed E-state index contributed by atoms with van der Waals surface area (Å²) in [4.78, 5) is 33.9. The zero-order valence-corrected chi connectivity index (χ0v) is 15.5. The number of nitro groups is 1. The van der Waals surface area contributed by atoms with Crippen LogP contribution in [0.4, 0.5) is 24.5 Å². The van der Waals surface area contributed by atoms with Gasteiger partial charge in [0.1, 0.15) is 11.3 Å². The molecule has 160 valence electrons. The largest absolute Gasteiger partial charge is 0.506 e. The number of rotatable bonds is 5. The number of hydrogen-bond acceptors (Lipinski definition) is 6. The van der Waals surface area contributed by atoms with Crippen molar-refractivity contribution in [2.45, 2.75) is 6.18 Å². The number of carbonyl (C=O) groups excluding carboxylic acids is 2. The molecule has 2 N–H and O–H groups in total. The monoisotopic (exact) mass is 434 g/mol. The highest BCUT2D eigenvalue weighted by Crippen LogP contribution is 2.37. The normalized spacial score (nSPS) is 11.2.